The minimum atomic E-state index is -0.202. The Hall–Kier alpha value is -1.22. The first-order chi connectivity index (χ1) is 7.96. The Morgan fingerprint density at radius 2 is 1.94 bits per heavy atom. The Bertz CT molecular complexity index is 407. The molecule has 0 saturated heterocycles. The molecule has 0 radical (unpaired) electrons. The lowest BCUT2D eigenvalue weighted by Crippen LogP contribution is -2.34. The monoisotopic (exact) mass is 235 g/mol. The minimum absolute atomic E-state index is 0.202. The van der Waals surface area contributed by atoms with E-state index in [0.717, 1.165) is 43.1 Å². The smallest absolute Gasteiger partial charge is 0.164 e. The lowest BCUT2D eigenvalue weighted by atomic mass is 9.95. The molecule has 1 aromatic rings. The van der Waals surface area contributed by atoms with E-state index in [1.54, 1.807) is 0 Å². The molecule has 2 rings (SSSR count). The second-order valence-electron chi connectivity index (χ2n) is 5.46. The van der Waals surface area contributed by atoms with Gasteiger partial charge in [0.1, 0.15) is 0 Å². The molecule has 0 atom stereocenters. The van der Waals surface area contributed by atoms with Crippen LogP contribution < -0.4 is 15.2 Å². The summed E-state index contributed by atoms with van der Waals surface area (Å²) in [5.41, 5.74) is 8.19. The van der Waals surface area contributed by atoms with Crippen molar-refractivity contribution in [3.05, 3.63) is 23.3 Å². The van der Waals surface area contributed by atoms with E-state index < -0.39 is 0 Å². The Morgan fingerprint density at radius 1 is 1.24 bits per heavy atom. The van der Waals surface area contributed by atoms with E-state index in [-0.39, 0.29) is 5.54 Å². The Kier molecular flexibility index (Phi) is 3.29. The summed E-state index contributed by atoms with van der Waals surface area (Å²) < 4.78 is 11.4. The molecule has 0 bridgehead atoms. The first-order valence-corrected chi connectivity index (χ1v) is 6.14. The second-order valence-corrected chi connectivity index (χ2v) is 5.46. The van der Waals surface area contributed by atoms with E-state index in [9.17, 15) is 0 Å². The summed E-state index contributed by atoms with van der Waals surface area (Å²) in [6, 6.07) is 4.20. The Labute approximate surface area is 103 Å². The molecule has 1 aliphatic heterocycles. The third kappa shape index (κ3) is 3.13. The number of aryl methyl sites for hydroxylation is 1. The molecule has 0 saturated carbocycles. The molecule has 0 amide bonds. The van der Waals surface area contributed by atoms with E-state index in [1.165, 1.54) is 5.56 Å². The summed E-state index contributed by atoms with van der Waals surface area (Å²) in [6.07, 6.45) is 1.77. The van der Waals surface area contributed by atoms with E-state index in [4.69, 9.17) is 15.2 Å². The lowest BCUT2D eigenvalue weighted by Gasteiger charge is -2.20. The largest absolute Gasteiger partial charge is 0.490 e. The van der Waals surface area contributed by atoms with Crippen LogP contribution in [0.1, 0.15) is 31.4 Å². The molecule has 17 heavy (non-hydrogen) atoms. The standard InChI is InChI=1S/C14H21NO2/c1-10-7-11(9-14(2,3)15)8-12-13(10)17-6-4-5-16-12/h7-8H,4-6,9,15H2,1-3H3. The molecule has 0 unspecified atom stereocenters. The van der Waals surface area contributed by atoms with Crippen molar-refractivity contribution in [2.24, 2.45) is 5.73 Å². The van der Waals surface area contributed by atoms with Crippen LogP contribution in [0.3, 0.4) is 0 Å². The molecule has 2 N–H and O–H groups in total. The lowest BCUT2D eigenvalue weighted by molar-refractivity contribution is 0.296. The third-order valence-electron chi connectivity index (χ3n) is 2.75. The molecular weight excluding hydrogens is 214 g/mol. The quantitative estimate of drug-likeness (QED) is 0.856. The SMILES string of the molecule is Cc1cc(CC(C)(C)N)cc2c1OCCCO2. The normalized spacial score (nSPS) is 15.5. The highest BCUT2D eigenvalue weighted by molar-refractivity contribution is 5.49. The van der Waals surface area contributed by atoms with Crippen molar-refractivity contribution in [2.45, 2.75) is 39.2 Å². The number of hydrogen-bond donors (Lipinski definition) is 1. The zero-order chi connectivity index (χ0) is 12.5. The van der Waals surface area contributed by atoms with Crippen molar-refractivity contribution in [3.63, 3.8) is 0 Å². The summed E-state index contributed by atoms with van der Waals surface area (Å²) in [4.78, 5) is 0. The highest BCUT2D eigenvalue weighted by Crippen LogP contribution is 2.35. The van der Waals surface area contributed by atoms with Gasteiger partial charge in [-0.05, 0) is 44.4 Å². The fourth-order valence-corrected chi connectivity index (χ4v) is 2.15. The number of ether oxygens (including phenoxy) is 2. The molecule has 3 heteroatoms. The second kappa shape index (κ2) is 4.57. The topological polar surface area (TPSA) is 44.5 Å². The number of rotatable bonds is 2. The first kappa shape index (κ1) is 12.2. The van der Waals surface area contributed by atoms with Gasteiger partial charge >= 0.3 is 0 Å². The van der Waals surface area contributed by atoms with Crippen LogP contribution in [-0.2, 0) is 6.42 Å². The van der Waals surface area contributed by atoms with Crippen LogP contribution in [0.15, 0.2) is 12.1 Å². The van der Waals surface area contributed by atoms with Crippen LogP contribution in [0.4, 0.5) is 0 Å². The number of benzene rings is 1. The molecule has 0 aliphatic carbocycles. The van der Waals surface area contributed by atoms with Gasteiger partial charge < -0.3 is 15.2 Å². The predicted molar refractivity (Wildman–Crippen MR) is 68.8 cm³/mol. The van der Waals surface area contributed by atoms with Gasteiger partial charge in [0.2, 0.25) is 0 Å². The average Bonchev–Trinajstić information content (AvgIpc) is 2.40. The number of hydrogen-bond acceptors (Lipinski definition) is 3. The molecular formula is C14H21NO2. The summed E-state index contributed by atoms with van der Waals surface area (Å²) in [7, 11) is 0. The van der Waals surface area contributed by atoms with Crippen LogP contribution >= 0.6 is 0 Å². The van der Waals surface area contributed by atoms with Gasteiger partial charge in [-0.25, -0.2) is 0 Å². The average molecular weight is 235 g/mol. The third-order valence-corrected chi connectivity index (χ3v) is 2.75. The maximum Gasteiger partial charge on any atom is 0.164 e. The number of nitrogens with two attached hydrogens (primary N) is 1. The van der Waals surface area contributed by atoms with Gasteiger partial charge in [-0.15, -0.1) is 0 Å². The van der Waals surface area contributed by atoms with Gasteiger partial charge in [0.25, 0.3) is 0 Å². The molecule has 3 nitrogen and oxygen atoms in total. The van der Waals surface area contributed by atoms with Crippen LogP contribution in [0.5, 0.6) is 11.5 Å². The van der Waals surface area contributed by atoms with E-state index >= 15 is 0 Å². The fraction of sp³-hybridized carbons (Fsp3) is 0.571. The highest BCUT2D eigenvalue weighted by atomic mass is 16.5. The van der Waals surface area contributed by atoms with Crippen molar-refractivity contribution in [1.82, 2.24) is 0 Å². The molecule has 1 aliphatic rings. The summed E-state index contributed by atoms with van der Waals surface area (Å²) in [5.74, 6) is 1.75. The van der Waals surface area contributed by atoms with Crippen molar-refractivity contribution in [3.8, 4) is 11.5 Å². The first-order valence-electron chi connectivity index (χ1n) is 6.14. The molecule has 0 fully saturated rings. The molecule has 1 aromatic carbocycles. The maximum atomic E-state index is 6.05. The fourth-order valence-electron chi connectivity index (χ4n) is 2.15. The van der Waals surface area contributed by atoms with Gasteiger partial charge in [-0.2, -0.15) is 0 Å². The van der Waals surface area contributed by atoms with Gasteiger partial charge in [0, 0.05) is 12.0 Å². The van der Waals surface area contributed by atoms with E-state index in [0.29, 0.717) is 0 Å². The number of fused-ring (bicyclic) bond motifs is 1. The summed E-state index contributed by atoms with van der Waals surface area (Å²) in [5, 5.41) is 0. The zero-order valence-corrected chi connectivity index (χ0v) is 10.9. The molecule has 1 heterocycles. The van der Waals surface area contributed by atoms with Gasteiger partial charge in [-0.3, -0.25) is 0 Å². The van der Waals surface area contributed by atoms with Crippen molar-refractivity contribution >= 4 is 0 Å². The van der Waals surface area contributed by atoms with Crippen molar-refractivity contribution < 1.29 is 9.47 Å². The van der Waals surface area contributed by atoms with Crippen LogP contribution in [0, 0.1) is 6.92 Å². The van der Waals surface area contributed by atoms with Crippen molar-refractivity contribution in [1.29, 1.82) is 0 Å². The molecule has 0 aromatic heterocycles. The highest BCUT2D eigenvalue weighted by Gasteiger charge is 2.17. The minimum Gasteiger partial charge on any atom is -0.490 e. The van der Waals surface area contributed by atoms with Crippen molar-refractivity contribution in [2.75, 3.05) is 13.2 Å². The van der Waals surface area contributed by atoms with Crippen LogP contribution in [-0.4, -0.2) is 18.8 Å². The molecule has 94 valence electrons. The summed E-state index contributed by atoms with van der Waals surface area (Å²) in [6.45, 7) is 7.58. The zero-order valence-electron chi connectivity index (χ0n) is 10.9. The van der Waals surface area contributed by atoms with Crippen LogP contribution in [0.2, 0.25) is 0 Å². The Morgan fingerprint density at radius 3 is 2.65 bits per heavy atom. The molecule has 0 spiro atoms. The van der Waals surface area contributed by atoms with Gasteiger partial charge in [0.15, 0.2) is 11.5 Å². The van der Waals surface area contributed by atoms with E-state index in [2.05, 4.69) is 19.1 Å². The van der Waals surface area contributed by atoms with E-state index in [1.807, 2.05) is 13.8 Å². The Balaban J connectivity index is 2.32. The van der Waals surface area contributed by atoms with Gasteiger partial charge in [-0.1, -0.05) is 6.07 Å². The van der Waals surface area contributed by atoms with Crippen LogP contribution in [0.25, 0.3) is 0 Å². The predicted octanol–water partition coefficient (Wildman–Crippen LogP) is 2.44. The summed E-state index contributed by atoms with van der Waals surface area (Å²) >= 11 is 0. The maximum absolute atomic E-state index is 6.05. The van der Waals surface area contributed by atoms with Gasteiger partial charge in [0.05, 0.1) is 13.2 Å².